The van der Waals surface area contributed by atoms with E-state index in [9.17, 15) is 4.79 Å². The van der Waals surface area contributed by atoms with Crippen molar-refractivity contribution in [3.8, 4) is 0 Å². The van der Waals surface area contributed by atoms with Gasteiger partial charge in [0.25, 0.3) is 5.91 Å². The minimum atomic E-state index is 0. The normalized spacial score (nSPS) is 17.0. The maximum absolute atomic E-state index is 12.8. The van der Waals surface area contributed by atoms with Gasteiger partial charge in [-0.1, -0.05) is 24.3 Å². The summed E-state index contributed by atoms with van der Waals surface area (Å²) < 4.78 is 0. The van der Waals surface area contributed by atoms with Crippen LogP contribution in [-0.2, 0) is 0 Å². The molecule has 122 valence electrons. The van der Waals surface area contributed by atoms with E-state index < -0.39 is 0 Å². The van der Waals surface area contributed by atoms with Crippen LogP contribution in [0.1, 0.15) is 45.9 Å². The van der Waals surface area contributed by atoms with Crippen LogP contribution in [0, 0.1) is 13.8 Å². The molecule has 4 heteroatoms. The first kappa shape index (κ1) is 17.4. The van der Waals surface area contributed by atoms with E-state index in [0.717, 1.165) is 19.4 Å². The number of benzene rings is 2. The summed E-state index contributed by atoms with van der Waals surface area (Å²) in [7, 11) is 0. The van der Waals surface area contributed by atoms with Crippen LogP contribution in [-0.4, -0.2) is 17.4 Å². The number of likely N-dealkylation sites (tertiary alicyclic amines) is 1. The van der Waals surface area contributed by atoms with Gasteiger partial charge in [0.1, 0.15) is 0 Å². The first-order chi connectivity index (χ1) is 10.6. The minimum Gasteiger partial charge on any atom is -0.399 e. The molecule has 0 aliphatic carbocycles. The number of rotatable bonds is 2. The molecule has 0 aromatic heterocycles. The highest BCUT2D eigenvalue weighted by Gasteiger charge is 2.31. The Bertz CT molecular complexity index is 714. The standard InChI is InChI=1S/C19H22N2O.ClH/c1-13-6-3-9-17(14(13)2)18-10-5-11-21(18)19(22)15-7-4-8-16(20)12-15;/h3-4,6-9,12,18H,5,10-11,20H2,1-2H3;1H. The van der Waals surface area contributed by atoms with Crippen LogP contribution < -0.4 is 5.73 Å². The van der Waals surface area contributed by atoms with Gasteiger partial charge in [0.2, 0.25) is 0 Å². The Morgan fingerprint density at radius 1 is 1.17 bits per heavy atom. The molecular formula is C19H23ClN2O. The molecular weight excluding hydrogens is 308 g/mol. The molecule has 2 N–H and O–H groups in total. The van der Waals surface area contributed by atoms with Crippen LogP contribution >= 0.6 is 12.4 Å². The number of hydrogen-bond acceptors (Lipinski definition) is 2. The van der Waals surface area contributed by atoms with Gasteiger partial charge in [-0.2, -0.15) is 0 Å². The minimum absolute atomic E-state index is 0. The lowest BCUT2D eigenvalue weighted by Gasteiger charge is -2.27. The van der Waals surface area contributed by atoms with E-state index in [1.54, 1.807) is 6.07 Å². The Labute approximate surface area is 143 Å². The van der Waals surface area contributed by atoms with E-state index in [4.69, 9.17) is 5.73 Å². The van der Waals surface area contributed by atoms with Gasteiger partial charge in [-0.05, 0) is 61.6 Å². The predicted molar refractivity (Wildman–Crippen MR) is 97.0 cm³/mol. The summed E-state index contributed by atoms with van der Waals surface area (Å²) in [5.74, 6) is 0.0794. The highest BCUT2D eigenvalue weighted by Crippen LogP contribution is 2.35. The molecule has 2 aromatic rings. The first-order valence-electron chi connectivity index (χ1n) is 7.80. The molecule has 0 saturated carbocycles. The van der Waals surface area contributed by atoms with Gasteiger partial charge in [-0.3, -0.25) is 4.79 Å². The summed E-state index contributed by atoms with van der Waals surface area (Å²) in [5, 5.41) is 0. The molecule has 1 atom stereocenters. The van der Waals surface area contributed by atoms with Crippen LogP contribution in [0.2, 0.25) is 0 Å². The van der Waals surface area contributed by atoms with Gasteiger partial charge >= 0.3 is 0 Å². The Balaban J connectivity index is 0.00000192. The van der Waals surface area contributed by atoms with Gasteiger partial charge in [-0.25, -0.2) is 0 Å². The fraction of sp³-hybridized carbons (Fsp3) is 0.316. The van der Waals surface area contributed by atoms with E-state index in [1.165, 1.54) is 16.7 Å². The van der Waals surface area contributed by atoms with E-state index in [0.29, 0.717) is 11.3 Å². The fourth-order valence-electron chi connectivity index (χ4n) is 3.31. The molecule has 1 saturated heterocycles. The Morgan fingerprint density at radius 2 is 1.91 bits per heavy atom. The second-order valence-electron chi connectivity index (χ2n) is 6.07. The zero-order chi connectivity index (χ0) is 15.7. The molecule has 1 heterocycles. The topological polar surface area (TPSA) is 46.3 Å². The summed E-state index contributed by atoms with van der Waals surface area (Å²) in [4.78, 5) is 14.8. The fourth-order valence-corrected chi connectivity index (χ4v) is 3.31. The smallest absolute Gasteiger partial charge is 0.254 e. The van der Waals surface area contributed by atoms with Crippen molar-refractivity contribution in [1.29, 1.82) is 0 Å². The SMILES string of the molecule is Cc1cccc(C2CCCN2C(=O)c2cccc(N)c2)c1C.Cl. The second kappa shape index (κ2) is 7.05. The summed E-state index contributed by atoms with van der Waals surface area (Å²) in [5.41, 5.74) is 11.0. The van der Waals surface area contributed by atoms with Crippen molar-refractivity contribution in [1.82, 2.24) is 4.90 Å². The first-order valence-corrected chi connectivity index (χ1v) is 7.80. The monoisotopic (exact) mass is 330 g/mol. The average molecular weight is 331 g/mol. The van der Waals surface area contributed by atoms with Crippen molar-refractivity contribution < 1.29 is 4.79 Å². The zero-order valence-electron chi connectivity index (χ0n) is 13.6. The predicted octanol–water partition coefficient (Wildman–Crippen LogP) is 4.28. The Kier molecular flexibility index (Phi) is 5.32. The van der Waals surface area contributed by atoms with E-state index in [1.807, 2.05) is 23.1 Å². The molecule has 1 amide bonds. The van der Waals surface area contributed by atoms with E-state index >= 15 is 0 Å². The molecule has 0 spiro atoms. The van der Waals surface area contributed by atoms with Crippen molar-refractivity contribution in [2.45, 2.75) is 32.7 Å². The van der Waals surface area contributed by atoms with Crippen molar-refractivity contribution in [3.63, 3.8) is 0 Å². The molecule has 2 aromatic carbocycles. The van der Waals surface area contributed by atoms with Crippen LogP contribution in [0.5, 0.6) is 0 Å². The van der Waals surface area contributed by atoms with Gasteiger partial charge in [-0.15, -0.1) is 12.4 Å². The van der Waals surface area contributed by atoms with Gasteiger partial charge in [0.05, 0.1) is 6.04 Å². The lowest BCUT2D eigenvalue weighted by atomic mass is 9.95. The number of amides is 1. The number of hydrogen-bond donors (Lipinski definition) is 1. The van der Waals surface area contributed by atoms with Crippen LogP contribution in [0.15, 0.2) is 42.5 Å². The summed E-state index contributed by atoms with van der Waals surface area (Å²) in [6, 6.07) is 13.8. The van der Waals surface area contributed by atoms with Crippen molar-refractivity contribution in [3.05, 3.63) is 64.7 Å². The third-order valence-corrected chi connectivity index (χ3v) is 4.65. The molecule has 1 aliphatic rings. The number of nitrogens with two attached hydrogens (primary N) is 1. The number of nitrogens with zero attached hydrogens (tertiary/aromatic N) is 1. The number of halogens is 1. The number of nitrogen functional groups attached to an aromatic ring is 1. The molecule has 0 bridgehead atoms. The Morgan fingerprint density at radius 3 is 2.65 bits per heavy atom. The third-order valence-electron chi connectivity index (χ3n) is 4.65. The molecule has 23 heavy (non-hydrogen) atoms. The maximum atomic E-state index is 12.8. The highest BCUT2D eigenvalue weighted by atomic mass is 35.5. The molecule has 3 rings (SSSR count). The third kappa shape index (κ3) is 3.35. The highest BCUT2D eigenvalue weighted by molar-refractivity contribution is 5.95. The molecule has 1 unspecified atom stereocenters. The maximum Gasteiger partial charge on any atom is 0.254 e. The number of carbonyl (C=O) groups is 1. The van der Waals surface area contributed by atoms with Crippen LogP contribution in [0.3, 0.4) is 0 Å². The molecule has 1 aliphatic heterocycles. The van der Waals surface area contributed by atoms with Gasteiger partial charge in [0, 0.05) is 17.8 Å². The van der Waals surface area contributed by atoms with Crippen LogP contribution in [0.4, 0.5) is 5.69 Å². The molecule has 1 fully saturated rings. The lowest BCUT2D eigenvalue weighted by molar-refractivity contribution is 0.0735. The summed E-state index contributed by atoms with van der Waals surface area (Å²) in [6.45, 7) is 5.08. The average Bonchev–Trinajstić information content (AvgIpc) is 2.98. The van der Waals surface area contributed by atoms with Crippen molar-refractivity contribution in [2.75, 3.05) is 12.3 Å². The Hall–Kier alpha value is -2.00. The number of aryl methyl sites for hydroxylation is 1. The summed E-state index contributed by atoms with van der Waals surface area (Å²) >= 11 is 0. The summed E-state index contributed by atoms with van der Waals surface area (Å²) in [6.07, 6.45) is 2.07. The largest absolute Gasteiger partial charge is 0.399 e. The second-order valence-corrected chi connectivity index (χ2v) is 6.07. The number of carbonyl (C=O) groups excluding carboxylic acids is 1. The molecule has 0 radical (unpaired) electrons. The van der Waals surface area contributed by atoms with E-state index in [2.05, 4.69) is 32.0 Å². The van der Waals surface area contributed by atoms with Crippen LogP contribution in [0.25, 0.3) is 0 Å². The van der Waals surface area contributed by atoms with Crippen molar-refractivity contribution >= 4 is 24.0 Å². The van der Waals surface area contributed by atoms with Crippen molar-refractivity contribution in [2.24, 2.45) is 0 Å². The zero-order valence-corrected chi connectivity index (χ0v) is 14.4. The van der Waals surface area contributed by atoms with E-state index in [-0.39, 0.29) is 24.4 Å². The van der Waals surface area contributed by atoms with Gasteiger partial charge < -0.3 is 10.6 Å². The quantitative estimate of drug-likeness (QED) is 0.835. The van der Waals surface area contributed by atoms with Gasteiger partial charge in [0.15, 0.2) is 0 Å². The number of anilines is 1. The molecule has 3 nitrogen and oxygen atoms in total. The lowest BCUT2D eigenvalue weighted by Crippen LogP contribution is -2.31.